The van der Waals surface area contributed by atoms with Gasteiger partial charge in [0.25, 0.3) is 0 Å². The second-order valence-corrected chi connectivity index (χ2v) is 5.18. The number of nitrogens with one attached hydrogen (secondary N) is 1. The number of nitrogens with zero attached hydrogens (tertiary/aromatic N) is 2. The zero-order valence-corrected chi connectivity index (χ0v) is 12.7. The van der Waals surface area contributed by atoms with Gasteiger partial charge in [0.1, 0.15) is 16.7 Å². The maximum absolute atomic E-state index is 12.7. The monoisotopic (exact) mass is 365 g/mol. The Labute approximate surface area is 138 Å². The summed E-state index contributed by atoms with van der Waals surface area (Å²) in [5.41, 5.74) is -0.844. The first kappa shape index (κ1) is 16.7. The van der Waals surface area contributed by atoms with E-state index in [1.54, 1.807) is 6.07 Å². The van der Waals surface area contributed by atoms with E-state index in [0.29, 0.717) is 0 Å². The molecule has 0 saturated carbocycles. The van der Waals surface area contributed by atoms with E-state index in [4.69, 9.17) is 40.1 Å². The number of alkyl halides is 3. The van der Waals surface area contributed by atoms with Crippen LogP contribution in [-0.4, -0.2) is 4.98 Å². The number of aromatic nitrogens is 1. The van der Waals surface area contributed by atoms with E-state index in [2.05, 4.69) is 10.3 Å². The number of nitriles is 1. The molecule has 0 spiro atoms. The van der Waals surface area contributed by atoms with Crippen molar-refractivity contribution in [2.45, 2.75) is 6.18 Å². The molecule has 0 bridgehead atoms. The summed E-state index contributed by atoms with van der Waals surface area (Å²) in [5.74, 6) is -0.0463. The zero-order valence-electron chi connectivity index (χ0n) is 10.5. The molecule has 1 aromatic carbocycles. The molecule has 1 N–H and O–H groups in total. The molecule has 1 aromatic heterocycles. The molecule has 0 fully saturated rings. The lowest BCUT2D eigenvalue weighted by atomic mass is 10.2. The Hall–Kier alpha value is -1.68. The predicted molar refractivity (Wildman–Crippen MR) is 78.7 cm³/mol. The van der Waals surface area contributed by atoms with Crippen LogP contribution in [0.15, 0.2) is 24.3 Å². The van der Waals surface area contributed by atoms with Gasteiger partial charge in [0.2, 0.25) is 0 Å². The van der Waals surface area contributed by atoms with Crippen molar-refractivity contribution >= 4 is 46.3 Å². The molecular formula is C13H5Cl3F3N3. The Bertz CT molecular complexity index is 770. The zero-order chi connectivity index (χ0) is 16.5. The van der Waals surface area contributed by atoms with E-state index >= 15 is 0 Å². The Kier molecular flexibility index (Phi) is 4.71. The molecule has 0 aliphatic carbocycles. The van der Waals surface area contributed by atoms with Gasteiger partial charge in [-0.1, -0.05) is 40.9 Å². The number of anilines is 2. The minimum Gasteiger partial charge on any atom is -0.339 e. The van der Waals surface area contributed by atoms with E-state index in [0.717, 1.165) is 12.1 Å². The molecule has 22 heavy (non-hydrogen) atoms. The lowest BCUT2D eigenvalue weighted by molar-refractivity contribution is -0.137. The van der Waals surface area contributed by atoms with E-state index in [9.17, 15) is 13.2 Å². The average Bonchev–Trinajstić information content (AvgIpc) is 2.44. The maximum Gasteiger partial charge on any atom is 0.416 e. The van der Waals surface area contributed by atoms with E-state index in [-0.39, 0.29) is 32.3 Å². The number of halogens is 6. The molecule has 0 saturated heterocycles. The van der Waals surface area contributed by atoms with Crippen molar-refractivity contribution < 1.29 is 13.2 Å². The Morgan fingerprint density at radius 2 is 1.82 bits per heavy atom. The van der Waals surface area contributed by atoms with Crippen LogP contribution in [0.3, 0.4) is 0 Å². The molecule has 114 valence electrons. The van der Waals surface area contributed by atoms with Crippen molar-refractivity contribution in [3.63, 3.8) is 0 Å². The van der Waals surface area contributed by atoms with Crippen LogP contribution in [0, 0.1) is 11.3 Å². The van der Waals surface area contributed by atoms with Gasteiger partial charge in [-0.3, -0.25) is 0 Å². The average molecular weight is 367 g/mol. The number of benzene rings is 1. The largest absolute Gasteiger partial charge is 0.416 e. The fourth-order valence-corrected chi connectivity index (χ4v) is 2.27. The lowest BCUT2D eigenvalue weighted by Gasteiger charge is -2.12. The molecule has 0 atom stereocenters. The quantitative estimate of drug-likeness (QED) is 0.696. The van der Waals surface area contributed by atoms with Crippen LogP contribution in [0.2, 0.25) is 15.2 Å². The van der Waals surface area contributed by atoms with Crippen LogP contribution in [0.25, 0.3) is 0 Å². The van der Waals surface area contributed by atoms with E-state index in [1.165, 1.54) is 12.1 Å². The van der Waals surface area contributed by atoms with Crippen molar-refractivity contribution in [1.82, 2.24) is 4.98 Å². The summed E-state index contributed by atoms with van der Waals surface area (Å²) < 4.78 is 38.0. The molecule has 0 radical (unpaired) electrons. The first-order valence-electron chi connectivity index (χ1n) is 5.63. The van der Waals surface area contributed by atoms with Crippen molar-refractivity contribution in [3.05, 3.63) is 50.6 Å². The van der Waals surface area contributed by atoms with Crippen molar-refractivity contribution in [2.75, 3.05) is 5.32 Å². The van der Waals surface area contributed by atoms with Crippen molar-refractivity contribution in [1.29, 1.82) is 5.26 Å². The third-order valence-corrected chi connectivity index (χ3v) is 3.72. The number of hydrogen-bond acceptors (Lipinski definition) is 3. The van der Waals surface area contributed by atoms with Crippen LogP contribution in [0.5, 0.6) is 0 Å². The SMILES string of the molecule is N#Cc1c(Cl)nc(Nc2cccc(C(F)(F)F)c2)c(Cl)c1Cl. The second kappa shape index (κ2) is 6.21. The smallest absolute Gasteiger partial charge is 0.339 e. The lowest BCUT2D eigenvalue weighted by Crippen LogP contribution is -2.05. The second-order valence-electron chi connectivity index (χ2n) is 4.07. The summed E-state index contributed by atoms with van der Waals surface area (Å²) in [4.78, 5) is 3.83. The van der Waals surface area contributed by atoms with Gasteiger partial charge in [-0.05, 0) is 18.2 Å². The summed E-state index contributed by atoms with van der Waals surface area (Å²) in [6.07, 6.45) is -4.48. The minimum atomic E-state index is -4.48. The first-order valence-corrected chi connectivity index (χ1v) is 6.76. The fraction of sp³-hybridized carbons (Fsp3) is 0.0769. The molecule has 0 amide bonds. The molecule has 3 nitrogen and oxygen atoms in total. The van der Waals surface area contributed by atoms with Crippen LogP contribution in [0.1, 0.15) is 11.1 Å². The molecule has 0 aliphatic heterocycles. The number of hydrogen-bond donors (Lipinski definition) is 1. The summed E-state index contributed by atoms with van der Waals surface area (Å²) >= 11 is 17.6. The standard InChI is InChI=1S/C13H5Cl3F3N3/c14-9-8(5-20)11(16)22-12(10(9)15)21-7-3-1-2-6(4-7)13(17,18)19/h1-4H,(H,21,22). The summed E-state index contributed by atoms with van der Waals surface area (Å²) in [5, 5.41) is 11.0. The van der Waals surface area contributed by atoms with Gasteiger partial charge in [0.15, 0.2) is 11.0 Å². The summed E-state index contributed by atoms with van der Waals surface area (Å²) in [7, 11) is 0. The molecule has 2 rings (SSSR count). The van der Waals surface area contributed by atoms with Crippen molar-refractivity contribution in [3.8, 4) is 6.07 Å². The highest BCUT2D eigenvalue weighted by Gasteiger charge is 2.30. The Morgan fingerprint density at radius 3 is 2.41 bits per heavy atom. The van der Waals surface area contributed by atoms with E-state index < -0.39 is 11.7 Å². The van der Waals surface area contributed by atoms with Gasteiger partial charge in [0.05, 0.1) is 10.6 Å². The molecular weight excluding hydrogens is 362 g/mol. The van der Waals surface area contributed by atoms with Gasteiger partial charge in [-0.25, -0.2) is 4.98 Å². The molecule has 0 unspecified atom stereocenters. The maximum atomic E-state index is 12.7. The van der Waals surface area contributed by atoms with Gasteiger partial charge < -0.3 is 5.32 Å². The van der Waals surface area contributed by atoms with Crippen LogP contribution < -0.4 is 5.32 Å². The normalized spacial score (nSPS) is 11.1. The van der Waals surface area contributed by atoms with Crippen LogP contribution in [-0.2, 0) is 6.18 Å². The number of pyridine rings is 1. The van der Waals surface area contributed by atoms with E-state index in [1.807, 2.05) is 0 Å². The van der Waals surface area contributed by atoms with Gasteiger partial charge in [-0.2, -0.15) is 18.4 Å². The van der Waals surface area contributed by atoms with Crippen molar-refractivity contribution in [2.24, 2.45) is 0 Å². The molecule has 9 heteroatoms. The Balaban J connectivity index is 2.43. The molecule has 0 aliphatic rings. The third-order valence-electron chi connectivity index (χ3n) is 2.60. The summed E-state index contributed by atoms with van der Waals surface area (Å²) in [6.45, 7) is 0. The topological polar surface area (TPSA) is 48.7 Å². The summed E-state index contributed by atoms with van der Waals surface area (Å²) in [6, 6.07) is 6.18. The van der Waals surface area contributed by atoms with Crippen LogP contribution >= 0.6 is 34.8 Å². The molecule has 2 aromatic rings. The van der Waals surface area contributed by atoms with Crippen LogP contribution in [0.4, 0.5) is 24.7 Å². The third kappa shape index (κ3) is 3.38. The highest BCUT2D eigenvalue weighted by atomic mass is 35.5. The predicted octanol–water partition coefficient (Wildman–Crippen LogP) is 5.68. The fourth-order valence-electron chi connectivity index (χ4n) is 1.60. The minimum absolute atomic E-state index is 0.0463. The highest BCUT2D eigenvalue weighted by Crippen LogP contribution is 2.37. The highest BCUT2D eigenvalue weighted by molar-refractivity contribution is 6.45. The molecule has 1 heterocycles. The first-order chi connectivity index (χ1) is 10.2. The Morgan fingerprint density at radius 1 is 1.14 bits per heavy atom. The van der Waals surface area contributed by atoms with Gasteiger partial charge >= 0.3 is 6.18 Å². The van der Waals surface area contributed by atoms with Gasteiger partial charge in [0, 0.05) is 5.69 Å². The number of rotatable bonds is 2. The van der Waals surface area contributed by atoms with Gasteiger partial charge in [-0.15, -0.1) is 0 Å².